The number of rotatable bonds is 4. The van der Waals surface area contributed by atoms with Gasteiger partial charge in [-0.1, -0.05) is 12.1 Å². The summed E-state index contributed by atoms with van der Waals surface area (Å²) < 4.78 is 42.9. The van der Waals surface area contributed by atoms with Crippen LogP contribution in [0.15, 0.2) is 24.3 Å². The van der Waals surface area contributed by atoms with Gasteiger partial charge in [-0.25, -0.2) is 4.79 Å². The first-order chi connectivity index (χ1) is 11.3. The number of carbonyl (C=O) groups is 1. The summed E-state index contributed by atoms with van der Waals surface area (Å²) in [4.78, 5) is 13.9. The number of aliphatic hydroxyl groups excluding tert-OH is 1. The van der Waals surface area contributed by atoms with Crippen LogP contribution in [0.4, 0.5) is 18.0 Å². The molecule has 0 aliphatic carbocycles. The molecular weight excluding hydrogens is 325 g/mol. The Hall–Kier alpha value is -1.80. The summed E-state index contributed by atoms with van der Waals surface area (Å²) in [6, 6.07) is 4.14. The van der Waals surface area contributed by atoms with E-state index in [1.54, 1.807) is 11.8 Å². The second-order valence-corrected chi connectivity index (χ2v) is 5.86. The highest BCUT2D eigenvalue weighted by molar-refractivity contribution is 5.74. The van der Waals surface area contributed by atoms with E-state index in [1.807, 2.05) is 0 Å². The molecule has 2 amide bonds. The molecule has 0 spiro atoms. The minimum atomic E-state index is -4.37. The third kappa shape index (κ3) is 5.10. The van der Waals surface area contributed by atoms with Gasteiger partial charge in [-0.2, -0.15) is 13.2 Å². The number of benzene rings is 1. The van der Waals surface area contributed by atoms with E-state index in [9.17, 15) is 23.1 Å². The van der Waals surface area contributed by atoms with Crippen LogP contribution in [0.3, 0.4) is 0 Å². The number of hydrogen-bond donors (Lipinski definition) is 2. The third-order valence-corrected chi connectivity index (χ3v) is 3.83. The average molecular weight is 346 g/mol. The van der Waals surface area contributed by atoms with Crippen molar-refractivity contribution < 1.29 is 27.8 Å². The van der Waals surface area contributed by atoms with Crippen molar-refractivity contribution in [3.05, 3.63) is 35.4 Å². The molecule has 134 valence electrons. The number of nitrogens with zero attached hydrogens (tertiary/aromatic N) is 1. The number of nitrogens with one attached hydrogen (secondary N) is 1. The second-order valence-electron chi connectivity index (χ2n) is 5.86. The van der Waals surface area contributed by atoms with Gasteiger partial charge >= 0.3 is 12.2 Å². The molecule has 0 bridgehead atoms. The molecule has 0 saturated carbocycles. The monoisotopic (exact) mass is 346 g/mol. The minimum absolute atomic E-state index is 0.135. The Labute approximate surface area is 138 Å². The van der Waals surface area contributed by atoms with E-state index in [4.69, 9.17) is 4.74 Å². The number of aliphatic hydroxyl groups is 1. The van der Waals surface area contributed by atoms with Crippen molar-refractivity contribution in [1.29, 1.82) is 0 Å². The number of morpholine rings is 1. The number of carbonyl (C=O) groups excluding carboxylic acids is 1. The van der Waals surface area contributed by atoms with Gasteiger partial charge in [-0.3, -0.25) is 0 Å². The number of urea groups is 1. The highest BCUT2D eigenvalue weighted by Crippen LogP contribution is 2.29. The largest absolute Gasteiger partial charge is 0.416 e. The standard InChI is InChI=1S/C16H21F3N2O3/c1-11(22)8-14-10-24-7-6-21(14)15(23)20-9-12-2-4-13(5-3-12)16(17,18)19/h2-5,11,14,22H,6-10H2,1H3,(H,20,23)/t11-,14-/m1/s1. The summed E-state index contributed by atoms with van der Waals surface area (Å²) in [5.41, 5.74) is -0.139. The average Bonchev–Trinajstić information content (AvgIpc) is 2.52. The second kappa shape index (κ2) is 7.85. The fourth-order valence-electron chi connectivity index (χ4n) is 2.60. The molecular formula is C16H21F3N2O3. The maximum atomic E-state index is 12.5. The molecule has 1 fully saturated rings. The van der Waals surface area contributed by atoms with E-state index >= 15 is 0 Å². The van der Waals surface area contributed by atoms with Crippen molar-refractivity contribution in [1.82, 2.24) is 10.2 Å². The van der Waals surface area contributed by atoms with Crippen molar-refractivity contribution >= 4 is 6.03 Å². The summed E-state index contributed by atoms with van der Waals surface area (Å²) >= 11 is 0. The summed E-state index contributed by atoms with van der Waals surface area (Å²) in [6.45, 7) is 2.97. The first-order valence-electron chi connectivity index (χ1n) is 7.74. The highest BCUT2D eigenvalue weighted by atomic mass is 19.4. The normalized spacial score (nSPS) is 19.9. The van der Waals surface area contributed by atoms with Gasteiger partial charge < -0.3 is 20.1 Å². The molecule has 1 aliphatic rings. The van der Waals surface area contributed by atoms with Gasteiger partial charge in [0.2, 0.25) is 0 Å². The highest BCUT2D eigenvalue weighted by Gasteiger charge is 2.30. The molecule has 1 aromatic carbocycles. The zero-order valence-electron chi connectivity index (χ0n) is 13.3. The zero-order chi connectivity index (χ0) is 17.7. The number of ether oxygens (including phenoxy) is 1. The van der Waals surface area contributed by atoms with E-state index in [1.165, 1.54) is 12.1 Å². The smallest absolute Gasteiger partial charge is 0.393 e. The van der Waals surface area contributed by atoms with Gasteiger partial charge in [0.1, 0.15) is 0 Å². The van der Waals surface area contributed by atoms with E-state index in [0.717, 1.165) is 12.1 Å². The number of halogens is 3. The summed E-state index contributed by atoms with van der Waals surface area (Å²) in [7, 11) is 0. The van der Waals surface area contributed by atoms with E-state index in [2.05, 4.69) is 5.32 Å². The molecule has 2 N–H and O–H groups in total. The van der Waals surface area contributed by atoms with Gasteiger partial charge in [0.15, 0.2) is 0 Å². The lowest BCUT2D eigenvalue weighted by atomic mass is 10.1. The molecule has 8 heteroatoms. The SMILES string of the molecule is C[C@@H](O)C[C@@H]1COCCN1C(=O)NCc1ccc(C(F)(F)F)cc1. The van der Waals surface area contributed by atoms with Crippen molar-refractivity contribution in [3.8, 4) is 0 Å². The summed E-state index contributed by atoms with van der Waals surface area (Å²) in [5.74, 6) is 0. The van der Waals surface area contributed by atoms with Gasteiger partial charge in [0, 0.05) is 13.1 Å². The molecule has 0 radical (unpaired) electrons. The molecule has 5 nitrogen and oxygen atoms in total. The van der Waals surface area contributed by atoms with Crippen molar-refractivity contribution in [2.45, 2.75) is 38.2 Å². The number of alkyl halides is 3. The first kappa shape index (κ1) is 18.5. The van der Waals surface area contributed by atoms with Crippen LogP contribution in [0.1, 0.15) is 24.5 Å². The van der Waals surface area contributed by atoms with Gasteiger partial charge in [-0.05, 0) is 31.0 Å². The van der Waals surface area contributed by atoms with Gasteiger partial charge in [-0.15, -0.1) is 0 Å². The van der Waals surface area contributed by atoms with Crippen LogP contribution in [0, 0.1) is 0 Å². The molecule has 1 heterocycles. The van der Waals surface area contributed by atoms with Gasteiger partial charge in [0.25, 0.3) is 0 Å². The lowest BCUT2D eigenvalue weighted by Gasteiger charge is -2.36. The maximum Gasteiger partial charge on any atom is 0.416 e. The van der Waals surface area contributed by atoms with E-state index < -0.39 is 17.8 Å². The Morgan fingerprint density at radius 1 is 1.42 bits per heavy atom. The fraction of sp³-hybridized carbons (Fsp3) is 0.562. The van der Waals surface area contributed by atoms with Crippen LogP contribution < -0.4 is 5.32 Å². The minimum Gasteiger partial charge on any atom is -0.393 e. The molecule has 0 unspecified atom stereocenters. The first-order valence-corrected chi connectivity index (χ1v) is 7.74. The summed E-state index contributed by atoms with van der Waals surface area (Å²) in [6.07, 6.45) is -4.51. The van der Waals surface area contributed by atoms with Crippen LogP contribution in [0.5, 0.6) is 0 Å². The Morgan fingerprint density at radius 3 is 2.67 bits per heavy atom. The van der Waals surface area contributed by atoms with Crippen LogP contribution >= 0.6 is 0 Å². The van der Waals surface area contributed by atoms with Crippen molar-refractivity contribution in [2.75, 3.05) is 19.8 Å². The van der Waals surface area contributed by atoms with Gasteiger partial charge in [0.05, 0.1) is 30.9 Å². The molecule has 1 aromatic rings. The molecule has 1 aliphatic heterocycles. The van der Waals surface area contributed by atoms with Crippen LogP contribution in [-0.4, -0.2) is 47.9 Å². The zero-order valence-corrected chi connectivity index (χ0v) is 13.3. The lowest BCUT2D eigenvalue weighted by Crippen LogP contribution is -2.53. The maximum absolute atomic E-state index is 12.5. The lowest BCUT2D eigenvalue weighted by molar-refractivity contribution is -0.137. The molecule has 2 rings (SSSR count). The molecule has 0 aromatic heterocycles. The topological polar surface area (TPSA) is 61.8 Å². The van der Waals surface area contributed by atoms with E-state index in [0.29, 0.717) is 31.7 Å². The van der Waals surface area contributed by atoms with E-state index in [-0.39, 0.29) is 18.6 Å². The Balaban J connectivity index is 1.91. The Bertz CT molecular complexity index is 546. The number of hydrogen-bond acceptors (Lipinski definition) is 3. The Kier molecular flexibility index (Phi) is 6.06. The fourth-order valence-corrected chi connectivity index (χ4v) is 2.60. The predicted molar refractivity (Wildman–Crippen MR) is 81.3 cm³/mol. The quantitative estimate of drug-likeness (QED) is 0.880. The van der Waals surface area contributed by atoms with Crippen LogP contribution in [-0.2, 0) is 17.5 Å². The predicted octanol–water partition coefficient (Wildman–Crippen LogP) is 2.39. The van der Waals surface area contributed by atoms with Crippen molar-refractivity contribution in [3.63, 3.8) is 0 Å². The molecule has 2 atom stereocenters. The molecule has 24 heavy (non-hydrogen) atoms. The Morgan fingerprint density at radius 2 is 2.08 bits per heavy atom. The molecule has 1 saturated heterocycles. The number of amides is 2. The van der Waals surface area contributed by atoms with Crippen LogP contribution in [0.2, 0.25) is 0 Å². The summed E-state index contributed by atoms with van der Waals surface area (Å²) in [5, 5.41) is 12.2. The third-order valence-electron chi connectivity index (χ3n) is 3.83. The van der Waals surface area contributed by atoms with Crippen molar-refractivity contribution in [2.24, 2.45) is 0 Å². The van der Waals surface area contributed by atoms with Crippen LogP contribution in [0.25, 0.3) is 0 Å².